The van der Waals surface area contributed by atoms with Gasteiger partial charge in [0, 0.05) is 23.1 Å². The Labute approximate surface area is 129 Å². The van der Waals surface area contributed by atoms with Crippen LogP contribution < -0.4 is 4.74 Å². The summed E-state index contributed by atoms with van der Waals surface area (Å²) in [6, 6.07) is 6.36. The number of ether oxygens (including phenoxy) is 1. The summed E-state index contributed by atoms with van der Waals surface area (Å²) in [5.74, 6) is 1.87. The molecule has 2 nitrogen and oxygen atoms in total. The summed E-state index contributed by atoms with van der Waals surface area (Å²) < 4.78 is 9.31. The van der Waals surface area contributed by atoms with Crippen LogP contribution in [0.4, 0.5) is 0 Å². The van der Waals surface area contributed by atoms with Gasteiger partial charge in [0.25, 0.3) is 0 Å². The molecule has 0 atom stereocenters. The Balaban J connectivity index is 1.68. The van der Waals surface area contributed by atoms with E-state index in [2.05, 4.69) is 51.9 Å². The highest BCUT2D eigenvalue weighted by atomic mass is 79.9. The molecular weight excluding hydrogens is 314 g/mol. The molecule has 20 heavy (non-hydrogen) atoms. The lowest BCUT2D eigenvalue weighted by atomic mass is 9.87. The normalized spacial score (nSPS) is 16.7. The molecule has 3 heteroatoms. The number of aromatic nitrogens is 1. The van der Waals surface area contributed by atoms with Gasteiger partial charge in [0.1, 0.15) is 5.75 Å². The van der Waals surface area contributed by atoms with E-state index in [9.17, 15) is 0 Å². The van der Waals surface area contributed by atoms with E-state index in [1.54, 1.807) is 0 Å². The third-order valence-corrected chi connectivity index (χ3v) is 4.87. The third kappa shape index (κ3) is 3.03. The lowest BCUT2D eigenvalue weighted by molar-refractivity contribution is 0.247. The van der Waals surface area contributed by atoms with Crippen molar-refractivity contribution in [1.29, 1.82) is 0 Å². The molecule has 0 aliphatic heterocycles. The highest BCUT2D eigenvalue weighted by Crippen LogP contribution is 2.31. The van der Waals surface area contributed by atoms with E-state index in [-0.39, 0.29) is 0 Å². The van der Waals surface area contributed by atoms with Crippen molar-refractivity contribution in [3.8, 4) is 5.75 Å². The van der Waals surface area contributed by atoms with Gasteiger partial charge >= 0.3 is 0 Å². The summed E-state index contributed by atoms with van der Waals surface area (Å²) in [7, 11) is 2.07. The second kappa shape index (κ2) is 6.21. The van der Waals surface area contributed by atoms with Crippen molar-refractivity contribution in [1.82, 2.24) is 4.57 Å². The molecule has 0 bridgehead atoms. The van der Waals surface area contributed by atoms with E-state index in [0.29, 0.717) is 0 Å². The Bertz CT molecular complexity index is 584. The fourth-order valence-electron chi connectivity index (χ4n) is 3.29. The molecule has 1 aliphatic carbocycles. The maximum absolute atomic E-state index is 6.09. The van der Waals surface area contributed by atoms with Crippen LogP contribution in [0.2, 0.25) is 0 Å². The number of aryl methyl sites for hydroxylation is 1. The van der Waals surface area contributed by atoms with Crippen LogP contribution in [-0.4, -0.2) is 11.2 Å². The molecular formula is C17H22BrNO. The van der Waals surface area contributed by atoms with Crippen LogP contribution in [0.3, 0.4) is 0 Å². The molecule has 1 aromatic carbocycles. The molecule has 1 aliphatic rings. The van der Waals surface area contributed by atoms with Crippen LogP contribution in [0.1, 0.15) is 38.5 Å². The van der Waals surface area contributed by atoms with Crippen molar-refractivity contribution in [2.75, 3.05) is 6.61 Å². The SMILES string of the molecule is Cn1ccc2cc(Br)cc(OCCC3CCCCC3)c21. The van der Waals surface area contributed by atoms with Gasteiger partial charge in [0.05, 0.1) is 12.1 Å². The first kappa shape index (κ1) is 14.0. The minimum atomic E-state index is 0.835. The summed E-state index contributed by atoms with van der Waals surface area (Å²) in [6.45, 7) is 0.835. The number of hydrogen-bond acceptors (Lipinski definition) is 1. The topological polar surface area (TPSA) is 14.2 Å². The molecule has 3 rings (SSSR count). The van der Waals surface area contributed by atoms with Gasteiger partial charge in [-0.25, -0.2) is 0 Å². The standard InChI is InChI=1S/C17H22BrNO/c1-19-9-7-14-11-15(18)12-16(17(14)19)20-10-8-13-5-3-2-4-6-13/h7,9,11-13H,2-6,8,10H2,1H3. The van der Waals surface area contributed by atoms with Gasteiger partial charge in [0.2, 0.25) is 0 Å². The van der Waals surface area contributed by atoms with Crippen LogP contribution in [0.15, 0.2) is 28.9 Å². The maximum atomic E-state index is 6.09. The average molecular weight is 336 g/mol. The van der Waals surface area contributed by atoms with E-state index in [1.165, 1.54) is 49.4 Å². The Morgan fingerprint density at radius 3 is 2.85 bits per heavy atom. The zero-order chi connectivity index (χ0) is 13.9. The molecule has 0 saturated heterocycles. The highest BCUT2D eigenvalue weighted by molar-refractivity contribution is 9.10. The van der Waals surface area contributed by atoms with Gasteiger partial charge in [-0.15, -0.1) is 0 Å². The van der Waals surface area contributed by atoms with Crippen molar-refractivity contribution in [3.63, 3.8) is 0 Å². The molecule has 0 N–H and O–H groups in total. The van der Waals surface area contributed by atoms with Crippen molar-refractivity contribution < 1.29 is 4.74 Å². The first-order valence-corrected chi connectivity index (χ1v) is 8.41. The summed E-state index contributed by atoms with van der Waals surface area (Å²) in [5.41, 5.74) is 1.19. The second-order valence-corrected chi connectivity index (χ2v) is 6.83. The van der Waals surface area contributed by atoms with Gasteiger partial charge in [0.15, 0.2) is 0 Å². The minimum absolute atomic E-state index is 0.835. The van der Waals surface area contributed by atoms with Crippen LogP contribution in [0, 0.1) is 5.92 Å². The molecule has 1 aromatic heterocycles. The number of benzene rings is 1. The van der Waals surface area contributed by atoms with Gasteiger partial charge < -0.3 is 9.30 Å². The molecule has 0 radical (unpaired) electrons. The van der Waals surface area contributed by atoms with Crippen LogP contribution in [-0.2, 0) is 7.05 Å². The number of halogens is 1. The minimum Gasteiger partial charge on any atom is -0.491 e. The molecule has 0 amide bonds. The zero-order valence-electron chi connectivity index (χ0n) is 12.1. The Morgan fingerprint density at radius 1 is 1.25 bits per heavy atom. The van der Waals surface area contributed by atoms with Gasteiger partial charge in [-0.3, -0.25) is 0 Å². The monoisotopic (exact) mass is 335 g/mol. The zero-order valence-corrected chi connectivity index (χ0v) is 13.7. The van der Waals surface area contributed by atoms with Crippen molar-refractivity contribution in [3.05, 3.63) is 28.9 Å². The lowest BCUT2D eigenvalue weighted by Gasteiger charge is -2.21. The second-order valence-electron chi connectivity index (χ2n) is 5.91. The summed E-state index contributed by atoms with van der Waals surface area (Å²) in [5, 5.41) is 1.23. The van der Waals surface area contributed by atoms with Crippen molar-refractivity contribution in [2.45, 2.75) is 38.5 Å². The largest absolute Gasteiger partial charge is 0.491 e. The quantitative estimate of drug-likeness (QED) is 0.740. The number of rotatable bonds is 4. The molecule has 1 heterocycles. The fourth-order valence-corrected chi connectivity index (χ4v) is 3.74. The molecule has 1 saturated carbocycles. The van der Waals surface area contributed by atoms with Gasteiger partial charge in [-0.1, -0.05) is 48.0 Å². The summed E-state index contributed by atoms with van der Waals surface area (Å²) >= 11 is 3.57. The molecule has 2 aromatic rings. The molecule has 108 valence electrons. The molecule has 0 spiro atoms. The van der Waals surface area contributed by atoms with Crippen molar-refractivity contribution in [2.24, 2.45) is 13.0 Å². The van der Waals surface area contributed by atoms with Gasteiger partial charge in [-0.2, -0.15) is 0 Å². The maximum Gasteiger partial charge on any atom is 0.144 e. The Hall–Kier alpha value is -0.960. The average Bonchev–Trinajstić information content (AvgIpc) is 2.81. The van der Waals surface area contributed by atoms with E-state index in [0.717, 1.165) is 22.7 Å². The van der Waals surface area contributed by atoms with E-state index < -0.39 is 0 Å². The van der Waals surface area contributed by atoms with Crippen LogP contribution in [0.25, 0.3) is 10.9 Å². The molecule has 1 fully saturated rings. The van der Waals surface area contributed by atoms with Gasteiger partial charge in [-0.05, 0) is 30.5 Å². The van der Waals surface area contributed by atoms with E-state index in [1.807, 2.05) is 0 Å². The lowest BCUT2D eigenvalue weighted by Crippen LogP contribution is -2.11. The molecule has 0 unspecified atom stereocenters. The van der Waals surface area contributed by atoms with Crippen LogP contribution in [0.5, 0.6) is 5.75 Å². The smallest absolute Gasteiger partial charge is 0.144 e. The third-order valence-electron chi connectivity index (χ3n) is 4.41. The first-order valence-electron chi connectivity index (χ1n) is 7.61. The number of nitrogens with zero attached hydrogens (tertiary/aromatic N) is 1. The van der Waals surface area contributed by atoms with E-state index in [4.69, 9.17) is 4.74 Å². The highest BCUT2D eigenvalue weighted by Gasteiger charge is 2.14. The fraction of sp³-hybridized carbons (Fsp3) is 0.529. The van der Waals surface area contributed by atoms with Crippen molar-refractivity contribution >= 4 is 26.8 Å². The predicted octanol–water partition coefficient (Wildman–Crippen LogP) is 5.29. The van der Waals surface area contributed by atoms with E-state index >= 15 is 0 Å². The number of fused-ring (bicyclic) bond motifs is 1. The van der Waals surface area contributed by atoms with Crippen LogP contribution >= 0.6 is 15.9 Å². The Morgan fingerprint density at radius 2 is 2.05 bits per heavy atom. The number of hydrogen-bond donors (Lipinski definition) is 0. The Kier molecular flexibility index (Phi) is 4.35. The summed E-state index contributed by atoms with van der Waals surface area (Å²) in [6.07, 6.45) is 10.3. The summed E-state index contributed by atoms with van der Waals surface area (Å²) in [4.78, 5) is 0. The predicted molar refractivity (Wildman–Crippen MR) is 87.3 cm³/mol. The first-order chi connectivity index (χ1) is 9.74.